The normalized spacial score (nSPS) is 10.9. The predicted octanol–water partition coefficient (Wildman–Crippen LogP) is 1.08. The zero-order chi connectivity index (χ0) is 14.5. The molecule has 6 heteroatoms. The fraction of sp³-hybridized carbons (Fsp3) is 0.357. The topological polar surface area (TPSA) is 69.6 Å². The van der Waals surface area contributed by atoms with Gasteiger partial charge >= 0.3 is 5.97 Å². The average molecular weight is 274 g/mol. The fourth-order valence-electron chi connectivity index (χ4n) is 2.01. The zero-order valence-electron chi connectivity index (χ0n) is 11.7. The van der Waals surface area contributed by atoms with Gasteiger partial charge in [0.25, 0.3) is 0 Å². The monoisotopic (exact) mass is 274 g/mol. The second-order valence-electron chi connectivity index (χ2n) is 4.87. The lowest BCUT2D eigenvalue weighted by atomic mass is 10.2. The Labute approximate surface area is 117 Å². The van der Waals surface area contributed by atoms with Crippen molar-refractivity contribution in [1.29, 1.82) is 0 Å². The van der Waals surface area contributed by atoms with Crippen molar-refractivity contribution < 1.29 is 9.90 Å². The lowest BCUT2D eigenvalue weighted by Crippen LogP contribution is -2.35. The molecule has 0 aliphatic carbocycles. The van der Waals surface area contributed by atoms with Crippen molar-refractivity contribution >= 4 is 22.6 Å². The molecule has 1 N–H and O–H groups in total. The molecule has 2 aromatic rings. The Morgan fingerprint density at radius 1 is 1.25 bits per heavy atom. The van der Waals surface area contributed by atoms with Crippen molar-refractivity contribution in [2.45, 2.75) is 0 Å². The van der Waals surface area contributed by atoms with Crippen LogP contribution in [0.3, 0.4) is 0 Å². The minimum atomic E-state index is -0.857. The number of aromatic nitrogens is 2. The van der Waals surface area contributed by atoms with Crippen LogP contribution in [0.25, 0.3) is 10.9 Å². The Morgan fingerprint density at radius 2 is 2.00 bits per heavy atom. The summed E-state index contributed by atoms with van der Waals surface area (Å²) in [6, 6.07) is 7.61. The van der Waals surface area contributed by atoms with E-state index in [0.29, 0.717) is 6.54 Å². The van der Waals surface area contributed by atoms with Gasteiger partial charge in [0.1, 0.15) is 6.54 Å². The van der Waals surface area contributed by atoms with Crippen LogP contribution in [0.2, 0.25) is 0 Å². The number of carboxylic acid groups (broad SMARTS) is 1. The van der Waals surface area contributed by atoms with Crippen molar-refractivity contribution in [1.82, 2.24) is 15.1 Å². The first-order valence-corrected chi connectivity index (χ1v) is 6.40. The molecule has 0 saturated carbocycles. The number of carbonyl (C=O) groups is 1. The van der Waals surface area contributed by atoms with Crippen LogP contribution >= 0.6 is 0 Å². The maximum Gasteiger partial charge on any atom is 0.323 e. The number of carboxylic acids is 1. The predicted molar refractivity (Wildman–Crippen MR) is 77.9 cm³/mol. The molecule has 0 fully saturated rings. The minimum Gasteiger partial charge on any atom is -0.480 e. The SMILES string of the molecule is CN(C)CCN(CC(=O)O)c1cnnc2ccccc12. The van der Waals surface area contributed by atoms with Gasteiger partial charge in [0, 0.05) is 18.5 Å². The molecule has 0 radical (unpaired) electrons. The number of hydrogen-bond acceptors (Lipinski definition) is 5. The molecule has 0 aliphatic heterocycles. The van der Waals surface area contributed by atoms with Crippen LogP contribution in [0.1, 0.15) is 0 Å². The maximum atomic E-state index is 11.1. The van der Waals surface area contributed by atoms with Crippen LogP contribution in [-0.4, -0.2) is 59.9 Å². The molecule has 1 aromatic carbocycles. The van der Waals surface area contributed by atoms with Crippen LogP contribution in [0.5, 0.6) is 0 Å². The summed E-state index contributed by atoms with van der Waals surface area (Å²) in [6.07, 6.45) is 1.63. The first-order valence-electron chi connectivity index (χ1n) is 6.40. The van der Waals surface area contributed by atoms with Crippen molar-refractivity contribution in [3.63, 3.8) is 0 Å². The smallest absolute Gasteiger partial charge is 0.323 e. The third-order valence-corrected chi connectivity index (χ3v) is 3.01. The van der Waals surface area contributed by atoms with Crippen molar-refractivity contribution in [2.24, 2.45) is 0 Å². The minimum absolute atomic E-state index is 0.0521. The van der Waals surface area contributed by atoms with Crippen molar-refractivity contribution in [2.75, 3.05) is 38.6 Å². The van der Waals surface area contributed by atoms with E-state index in [2.05, 4.69) is 10.2 Å². The summed E-state index contributed by atoms with van der Waals surface area (Å²) in [6.45, 7) is 1.34. The summed E-state index contributed by atoms with van der Waals surface area (Å²) in [5.74, 6) is -0.857. The largest absolute Gasteiger partial charge is 0.480 e. The highest BCUT2D eigenvalue weighted by Crippen LogP contribution is 2.23. The number of aliphatic carboxylic acids is 1. The zero-order valence-corrected chi connectivity index (χ0v) is 11.7. The molecule has 1 aromatic heterocycles. The molecule has 0 atom stereocenters. The number of anilines is 1. The Balaban J connectivity index is 2.36. The highest BCUT2D eigenvalue weighted by atomic mass is 16.4. The van der Waals surface area contributed by atoms with Crippen LogP contribution in [0.15, 0.2) is 30.5 Å². The van der Waals surface area contributed by atoms with Gasteiger partial charge < -0.3 is 14.9 Å². The fourth-order valence-corrected chi connectivity index (χ4v) is 2.01. The quantitative estimate of drug-likeness (QED) is 0.850. The Morgan fingerprint density at radius 3 is 2.70 bits per heavy atom. The number of nitrogens with zero attached hydrogens (tertiary/aromatic N) is 4. The Bertz CT molecular complexity index is 595. The number of likely N-dealkylation sites (N-methyl/N-ethyl adjacent to an activating group) is 1. The van der Waals surface area contributed by atoms with Crippen LogP contribution in [0.4, 0.5) is 5.69 Å². The first-order chi connectivity index (χ1) is 9.58. The van der Waals surface area contributed by atoms with Gasteiger partial charge in [-0.2, -0.15) is 10.2 Å². The lowest BCUT2D eigenvalue weighted by molar-refractivity contribution is -0.135. The Hall–Kier alpha value is -2.21. The molecule has 0 saturated heterocycles. The Kier molecular flexibility index (Phi) is 4.47. The van der Waals surface area contributed by atoms with E-state index in [9.17, 15) is 4.79 Å². The number of benzene rings is 1. The molecule has 0 bridgehead atoms. The van der Waals surface area contributed by atoms with E-state index in [-0.39, 0.29) is 6.54 Å². The summed E-state index contributed by atoms with van der Waals surface area (Å²) >= 11 is 0. The molecule has 0 amide bonds. The maximum absolute atomic E-state index is 11.1. The molecule has 0 unspecified atom stereocenters. The molecule has 106 valence electrons. The van der Waals surface area contributed by atoms with Crippen molar-refractivity contribution in [3.8, 4) is 0 Å². The van der Waals surface area contributed by atoms with Gasteiger partial charge in [0.15, 0.2) is 0 Å². The summed E-state index contributed by atoms with van der Waals surface area (Å²) in [5, 5.41) is 18.0. The lowest BCUT2D eigenvalue weighted by Gasteiger charge is -2.25. The molecule has 1 heterocycles. The average Bonchev–Trinajstić information content (AvgIpc) is 2.42. The van der Waals surface area contributed by atoms with Crippen LogP contribution < -0.4 is 4.90 Å². The van der Waals surface area contributed by atoms with E-state index in [4.69, 9.17) is 5.11 Å². The molecule has 2 rings (SSSR count). The summed E-state index contributed by atoms with van der Waals surface area (Å²) in [5.41, 5.74) is 1.57. The number of fused-ring (bicyclic) bond motifs is 1. The molecular weight excluding hydrogens is 256 g/mol. The van der Waals surface area contributed by atoms with E-state index in [1.54, 1.807) is 6.20 Å². The van der Waals surface area contributed by atoms with E-state index < -0.39 is 5.97 Å². The van der Waals surface area contributed by atoms with Gasteiger partial charge in [-0.3, -0.25) is 4.79 Å². The van der Waals surface area contributed by atoms with Gasteiger partial charge in [-0.05, 0) is 20.2 Å². The van der Waals surface area contributed by atoms with E-state index in [1.807, 2.05) is 48.2 Å². The second-order valence-corrected chi connectivity index (χ2v) is 4.87. The van der Waals surface area contributed by atoms with Gasteiger partial charge in [-0.15, -0.1) is 0 Å². The molecule has 0 aliphatic rings. The second kappa shape index (κ2) is 6.29. The molecule has 0 spiro atoms. The van der Waals surface area contributed by atoms with Gasteiger partial charge in [-0.1, -0.05) is 18.2 Å². The van der Waals surface area contributed by atoms with E-state index in [1.165, 1.54) is 0 Å². The number of hydrogen-bond donors (Lipinski definition) is 1. The third-order valence-electron chi connectivity index (χ3n) is 3.01. The highest BCUT2D eigenvalue weighted by molar-refractivity contribution is 5.92. The molecular formula is C14H18N4O2. The molecule has 20 heavy (non-hydrogen) atoms. The van der Waals surface area contributed by atoms with Crippen LogP contribution in [0, 0.1) is 0 Å². The summed E-state index contributed by atoms with van der Waals surface area (Å²) in [4.78, 5) is 14.9. The number of rotatable bonds is 6. The van der Waals surface area contributed by atoms with E-state index in [0.717, 1.165) is 23.1 Å². The van der Waals surface area contributed by atoms with Gasteiger partial charge in [-0.25, -0.2) is 0 Å². The van der Waals surface area contributed by atoms with Gasteiger partial charge in [0.05, 0.1) is 17.4 Å². The highest BCUT2D eigenvalue weighted by Gasteiger charge is 2.14. The summed E-state index contributed by atoms with van der Waals surface area (Å²) < 4.78 is 0. The van der Waals surface area contributed by atoms with Crippen LogP contribution in [-0.2, 0) is 4.79 Å². The first kappa shape index (κ1) is 14.2. The van der Waals surface area contributed by atoms with Gasteiger partial charge in [0.2, 0.25) is 0 Å². The van der Waals surface area contributed by atoms with E-state index >= 15 is 0 Å². The molecule has 6 nitrogen and oxygen atoms in total. The standard InChI is InChI=1S/C14H18N4O2/c1-17(2)7-8-18(10-14(19)20)13-9-15-16-12-6-4-3-5-11(12)13/h3-6,9H,7-8,10H2,1-2H3,(H,19,20). The van der Waals surface area contributed by atoms with Crippen molar-refractivity contribution in [3.05, 3.63) is 30.5 Å². The summed E-state index contributed by atoms with van der Waals surface area (Å²) in [7, 11) is 3.92. The third kappa shape index (κ3) is 3.42.